The van der Waals surface area contributed by atoms with Gasteiger partial charge in [-0.05, 0) is 32.6 Å². The number of nitrogens with zero attached hydrogens (tertiary/aromatic N) is 1. The Hall–Kier alpha value is -1.59. The predicted octanol–water partition coefficient (Wildman–Crippen LogP) is 2.65. The van der Waals surface area contributed by atoms with Gasteiger partial charge in [0.1, 0.15) is 5.54 Å². The molecule has 0 radical (unpaired) electrons. The zero-order valence-corrected chi connectivity index (χ0v) is 16.7. The van der Waals surface area contributed by atoms with Gasteiger partial charge in [-0.3, -0.25) is 9.59 Å². The summed E-state index contributed by atoms with van der Waals surface area (Å²) in [7, 11) is 0. The molecule has 2 amide bonds. The highest BCUT2D eigenvalue weighted by Gasteiger charge is 2.44. The van der Waals surface area contributed by atoms with Crippen molar-refractivity contribution in [1.82, 2.24) is 10.2 Å². The van der Waals surface area contributed by atoms with E-state index in [1.807, 2.05) is 20.8 Å². The van der Waals surface area contributed by atoms with Crippen LogP contribution in [-0.4, -0.2) is 47.9 Å². The van der Waals surface area contributed by atoms with Crippen LogP contribution in [0.1, 0.15) is 72.6 Å². The molecule has 0 aromatic carbocycles. The number of hydrogen-bond acceptors (Lipinski definition) is 4. The molecule has 0 bridgehead atoms. The van der Waals surface area contributed by atoms with Crippen molar-refractivity contribution < 1.29 is 19.1 Å². The molecule has 26 heavy (non-hydrogen) atoms. The number of carbonyl (C=O) groups is 3. The summed E-state index contributed by atoms with van der Waals surface area (Å²) in [6.07, 6.45) is 5.74. The number of esters is 1. The summed E-state index contributed by atoms with van der Waals surface area (Å²) in [5.41, 5.74) is -1.34. The largest absolute Gasteiger partial charge is 0.464 e. The van der Waals surface area contributed by atoms with Gasteiger partial charge in [0.15, 0.2) is 0 Å². The number of carbonyl (C=O) groups excluding carboxylic acids is 3. The van der Waals surface area contributed by atoms with E-state index in [0.29, 0.717) is 32.5 Å². The number of nitrogens with one attached hydrogen (secondary N) is 1. The Labute approximate surface area is 157 Å². The fourth-order valence-electron chi connectivity index (χ4n) is 3.99. The standard InChI is InChI=1S/C20H34N2O4/c1-5-26-18(25)20(11-7-6-8-12-20)21-16(23)15-10-9-13-22(14-15)17(24)19(2,3)4/h15H,5-14H2,1-4H3,(H,21,23). The number of amides is 2. The Morgan fingerprint density at radius 1 is 1.12 bits per heavy atom. The van der Waals surface area contributed by atoms with Crippen LogP contribution in [0.15, 0.2) is 0 Å². The first kappa shape index (κ1) is 20.7. The van der Waals surface area contributed by atoms with Gasteiger partial charge in [0.25, 0.3) is 0 Å². The molecule has 6 nitrogen and oxygen atoms in total. The quantitative estimate of drug-likeness (QED) is 0.776. The Morgan fingerprint density at radius 2 is 1.77 bits per heavy atom. The van der Waals surface area contributed by atoms with Crippen LogP contribution in [0.5, 0.6) is 0 Å². The third kappa shape index (κ3) is 4.77. The minimum atomic E-state index is -0.887. The monoisotopic (exact) mass is 366 g/mol. The first-order valence-corrected chi connectivity index (χ1v) is 9.98. The lowest BCUT2D eigenvalue weighted by molar-refractivity contribution is -0.156. The van der Waals surface area contributed by atoms with E-state index in [1.165, 1.54) is 0 Å². The number of hydrogen-bond donors (Lipinski definition) is 1. The molecule has 1 saturated carbocycles. The summed E-state index contributed by atoms with van der Waals surface area (Å²) in [5, 5.41) is 3.03. The van der Waals surface area contributed by atoms with Gasteiger partial charge in [-0.2, -0.15) is 0 Å². The summed E-state index contributed by atoms with van der Waals surface area (Å²) in [6, 6.07) is 0. The molecule has 1 aliphatic heterocycles. The summed E-state index contributed by atoms with van der Waals surface area (Å²) < 4.78 is 5.26. The van der Waals surface area contributed by atoms with Crippen molar-refractivity contribution in [2.75, 3.05) is 19.7 Å². The van der Waals surface area contributed by atoms with Gasteiger partial charge in [0, 0.05) is 18.5 Å². The summed E-state index contributed by atoms with van der Waals surface area (Å²) in [5.74, 6) is -0.617. The van der Waals surface area contributed by atoms with E-state index < -0.39 is 11.0 Å². The van der Waals surface area contributed by atoms with Gasteiger partial charge in [0.05, 0.1) is 12.5 Å². The maximum absolute atomic E-state index is 12.9. The number of piperidine rings is 1. The molecule has 0 aromatic heterocycles. The van der Waals surface area contributed by atoms with Gasteiger partial charge >= 0.3 is 5.97 Å². The number of likely N-dealkylation sites (tertiary alicyclic amines) is 1. The average Bonchev–Trinajstić information content (AvgIpc) is 2.61. The molecule has 1 unspecified atom stereocenters. The van der Waals surface area contributed by atoms with Gasteiger partial charge < -0.3 is 15.0 Å². The molecule has 0 spiro atoms. The third-order valence-corrected chi connectivity index (χ3v) is 5.46. The van der Waals surface area contributed by atoms with Crippen LogP contribution in [0.2, 0.25) is 0 Å². The van der Waals surface area contributed by atoms with E-state index in [1.54, 1.807) is 11.8 Å². The molecule has 6 heteroatoms. The Morgan fingerprint density at radius 3 is 2.35 bits per heavy atom. The molecule has 1 N–H and O–H groups in total. The molecule has 2 aliphatic rings. The van der Waals surface area contributed by atoms with Crippen molar-refractivity contribution in [2.45, 2.75) is 78.2 Å². The molecule has 1 atom stereocenters. The Kier molecular flexibility index (Phi) is 6.69. The average molecular weight is 367 g/mol. The highest BCUT2D eigenvalue weighted by atomic mass is 16.5. The van der Waals surface area contributed by atoms with E-state index in [2.05, 4.69) is 5.32 Å². The number of rotatable bonds is 4. The van der Waals surface area contributed by atoms with E-state index in [9.17, 15) is 14.4 Å². The molecule has 1 heterocycles. The van der Waals surface area contributed by atoms with E-state index in [4.69, 9.17) is 4.74 Å². The van der Waals surface area contributed by atoms with Gasteiger partial charge in [-0.25, -0.2) is 4.79 Å². The Bertz CT molecular complexity index is 532. The molecular formula is C20H34N2O4. The maximum Gasteiger partial charge on any atom is 0.331 e. The molecule has 1 saturated heterocycles. The van der Waals surface area contributed by atoms with Crippen LogP contribution in [0, 0.1) is 11.3 Å². The highest BCUT2D eigenvalue weighted by Crippen LogP contribution is 2.31. The Balaban J connectivity index is 2.06. The van der Waals surface area contributed by atoms with Crippen molar-refractivity contribution in [2.24, 2.45) is 11.3 Å². The number of ether oxygens (including phenoxy) is 1. The lowest BCUT2D eigenvalue weighted by Gasteiger charge is -2.39. The minimum absolute atomic E-state index is 0.0766. The van der Waals surface area contributed by atoms with Gasteiger partial charge in [-0.1, -0.05) is 40.0 Å². The molecular weight excluding hydrogens is 332 g/mol. The summed E-state index contributed by atoms with van der Waals surface area (Å²) in [4.78, 5) is 39.8. The predicted molar refractivity (Wildman–Crippen MR) is 99.4 cm³/mol. The van der Waals surface area contributed by atoms with Crippen molar-refractivity contribution in [3.63, 3.8) is 0 Å². The first-order chi connectivity index (χ1) is 12.2. The zero-order valence-electron chi connectivity index (χ0n) is 16.7. The first-order valence-electron chi connectivity index (χ1n) is 9.98. The third-order valence-electron chi connectivity index (χ3n) is 5.46. The van der Waals surface area contributed by atoms with Gasteiger partial charge in [0.2, 0.25) is 11.8 Å². The summed E-state index contributed by atoms with van der Waals surface area (Å²) >= 11 is 0. The molecule has 0 aromatic rings. The topological polar surface area (TPSA) is 75.7 Å². The smallest absolute Gasteiger partial charge is 0.331 e. The van der Waals surface area contributed by atoms with Crippen LogP contribution < -0.4 is 5.32 Å². The zero-order chi connectivity index (χ0) is 19.4. The lowest BCUT2D eigenvalue weighted by Crippen LogP contribution is -2.59. The maximum atomic E-state index is 12.9. The minimum Gasteiger partial charge on any atom is -0.464 e. The van der Waals surface area contributed by atoms with Crippen molar-refractivity contribution in [3.8, 4) is 0 Å². The van der Waals surface area contributed by atoms with Crippen molar-refractivity contribution in [1.29, 1.82) is 0 Å². The second-order valence-electron chi connectivity index (χ2n) is 8.69. The fourth-order valence-corrected chi connectivity index (χ4v) is 3.99. The normalized spacial score (nSPS) is 23.2. The fraction of sp³-hybridized carbons (Fsp3) is 0.850. The van der Waals surface area contributed by atoms with E-state index >= 15 is 0 Å². The molecule has 148 valence electrons. The van der Waals surface area contributed by atoms with Crippen molar-refractivity contribution in [3.05, 3.63) is 0 Å². The van der Waals surface area contributed by atoms with Gasteiger partial charge in [-0.15, -0.1) is 0 Å². The van der Waals surface area contributed by atoms with Crippen LogP contribution in [0.25, 0.3) is 0 Å². The van der Waals surface area contributed by atoms with E-state index in [-0.39, 0.29) is 23.7 Å². The van der Waals surface area contributed by atoms with Crippen molar-refractivity contribution >= 4 is 17.8 Å². The van der Waals surface area contributed by atoms with E-state index in [0.717, 1.165) is 32.1 Å². The van der Waals surface area contributed by atoms with Crippen LogP contribution in [0.3, 0.4) is 0 Å². The second-order valence-corrected chi connectivity index (χ2v) is 8.69. The molecule has 1 aliphatic carbocycles. The summed E-state index contributed by atoms with van der Waals surface area (Å²) in [6.45, 7) is 8.93. The molecule has 2 fully saturated rings. The highest BCUT2D eigenvalue weighted by molar-refractivity contribution is 5.90. The van der Waals surface area contributed by atoms with Crippen LogP contribution in [-0.2, 0) is 19.1 Å². The van der Waals surface area contributed by atoms with Crippen LogP contribution in [0.4, 0.5) is 0 Å². The lowest BCUT2D eigenvalue weighted by atomic mass is 9.80. The molecule has 2 rings (SSSR count). The second kappa shape index (κ2) is 8.40. The SMILES string of the molecule is CCOC(=O)C1(NC(=O)C2CCCN(C(=O)C(C)(C)C)C2)CCCCC1. The van der Waals surface area contributed by atoms with Crippen LogP contribution >= 0.6 is 0 Å².